The van der Waals surface area contributed by atoms with Crippen LogP contribution in [0.4, 0.5) is 0 Å². The molecule has 3 N–H and O–H groups in total. The minimum absolute atomic E-state index is 0.00772. The Morgan fingerprint density at radius 1 is 1.68 bits per heavy atom. The highest BCUT2D eigenvalue weighted by atomic mass is 16.2. The Hall–Kier alpha value is -1.36. The molecule has 1 aromatic heterocycles. The number of nitrogens with one attached hydrogen (secondary N) is 1. The van der Waals surface area contributed by atoms with Crippen LogP contribution in [0.5, 0.6) is 0 Å². The monoisotopic (exact) mass is 264 g/mol. The summed E-state index contributed by atoms with van der Waals surface area (Å²) in [7, 11) is 0. The van der Waals surface area contributed by atoms with Crippen molar-refractivity contribution in [1.82, 2.24) is 14.9 Å². The summed E-state index contributed by atoms with van der Waals surface area (Å²) in [5.74, 6) is 0.528. The first-order valence-electron chi connectivity index (χ1n) is 7.05. The first-order chi connectivity index (χ1) is 8.99. The molecule has 106 valence electrons. The van der Waals surface area contributed by atoms with Crippen molar-refractivity contribution >= 4 is 5.91 Å². The second-order valence-corrected chi connectivity index (χ2v) is 5.99. The van der Waals surface area contributed by atoms with E-state index in [2.05, 4.69) is 17.2 Å². The second kappa shape index (κ2) is 5.74. The van der Waals surface area contributed by atoms with Gasteiger partial charge >= 0.3 is 0 Å². The van der Waals surface area contributed by atoms with Crippen molar-refractivity contribution in [3.8, 4) is 0 Å². The third-order valence-electron chi connectivity index (χ3n) is 3.91. The number of rotatable bonds is 4. The van der Waals surface area contributed by atoms with Crippen LogP contribution in [-0.2, 0) is 11.3 Å². The van der Waals surface area contributed by atoms with Crippen LogP contribution in [-0.4, -0.2) is 27.0 Å². The van der Waals surface area contributed by atoms with Crippen LogP contribution in [0.25, 0.3) is 0 Å². The van der Waals surface area contributed by atoms with Crippen molar-refractivity contribution in [1.29, 1.82) is 0 Å². The molecule has 1 aromatic rings. The van der Waals surface area contributed by atoms with Crippen LogP contribution in [0.3, 0.4) is 0 Å². The first-order valence-corrected chi connectivity index (χ1v) is 7.05. The molecule has 2 rings (SSSR count). The summed E-state index contributed by atoms with van der Waals surface area (Å²) in [6, 6.07) is 0.0550. The zero-order valence-electron chi connectivity index (χ0n) is 11.8. The van der Waals surface area contributed by atoms with Crippen molar-refractivity contribution in [3.63, 3.8) is 0 Å². The maximum Gasteiger partial charge on any atom is 0.240 e. The maximum absolute atomic E-state index is 12.3. The van der Waals surface area contributed by atoms with E-state index < -0.39 is 5.54 Å². The molecule has 19 heavy (non-hydrogen) atoms. The average Bonchev–Trinajstić information content (AvgIpc) is 2.81. The van der Waals surface area contributed by atoms with Crippen LogP contribution < -0.4 is 11.1 Å². The zero-order valence-corrected chi connectivity index (χ0v) is 11.8. The van der Waals surface area contributed by atoms with Gasteiger partial charge in [-0.05, 0) is 25.7 Å². The fourth-order valence-electron chi connectivity index (χ4n) is 2.92. The van der Waals surface area contributed by atoms with Gasteiger partial charge in [-0.2, -0.15) is 0 Å². The Bertz CT molecular complexity index is 417. The molecule has 3 unspecified atom stereocenters. The average molecular weight is 264 g/mol. The SMILES string of the molecule is CC1CCCC(N)(C(=O)NC(C)Cn2ccnc2)C1. The van der Waals surface area contributed by atoms with E-state index in [0.717, 1.165) is 25.8 Å². The van der Waals surface area contributed by atoms with Crippen LogP contribution >= 0.6 is 0 Å². The minimum Gasteiger partial charge on any atom is -0.350 e. The lowest BCUT2D eigenvalue weighted by atomic mass is 9.76. The summed E-state index contributed by atoms with van der Waals surface area (Å²) < 4.78 is 1.96. The molecule has 5 nitrogen and oxygen atoms in total. The molecule has 1 amide bonds. The van der Waals surface area contributed by atoms with Gasteiger partial charge in [0.05, 0.1) is 11.9 Å². The zero-order chi connectivity index (χ0) is 13.9. The van der Waals surface area contributed by atoms with Gasteiger partial charge in [-0.15, -0.1) is 0 Å². The molecule has 0 aromatic carbocycles. The van der Waals surface area contributed by atoms with Crippen LogP contribution in [0.1, 0.15) is 39.5 Å². The van der Waals surface area contributed by atoms with Gasteiger partial charge in [0.15, 0.2) is 0 Å². The number of aromatic nitrogens is 2. The van der Waals surface area contributed by atoms with E-state index in [-0.39, 0.29) is 11.9 Å². The Morgan fingerprint density at radius 2 is 2.47 bits per heavy atom. The van der Waals surface area contributed by atoms with E-state index in [0.29, 0.717) is 5.92 Å². The largest absolute Gasteiger partial charge is 0.350 e. The van der Waals surface area contributed by atoms with Crippen molar-refractivity contribution in [2.75, 3.05) is 0 Å². The summed E-state index contributed by atoms with van der Waals surface area (Å²) in [4.78, 5) is 16.3. The number of hydrogen-bond donors (Lipinski definition) is 2. The smallest absolute Gasteiger partial charge is 0.240 e. The number of amides is 1. The molecule has 1 heterocycles. The highest BCUT2D eigenvalue weighted by molar-refractivity contribution is 5.86. The number of carbonyl (C=O) groups excluding carboxylic acids is 1. The lowest BCUT2D eigenvalue weighted by Crippen LogP contribution is -2.58. The molecular formula is C14H24N4O. The van der Waals surface area contributed by atoms with E-state index in [1.807, 2.05) is 17.7 Å². The van der Waals surface area contributed by atoms with Gasteiger partial charge in [0.25, 0.3) is 0 Å². The number of imidazole rings is 1. The fraction of sp³-hybridized carbons (Fsp3) is 0.714. The van der Waals surface area contributed by atoms with Gasteiger partial charge in [0.1, 0.15) is 0 Å². The molecule has 1 fully saturated rings. The van der Waals surface area contributed by atoms with E-state index in [4.69, 9.17) is 5.73 Å². The lowest BCUT2D eigenvalue weighted by Gasteiger charge is -2.36. The molecule has 1 saturated carbocycles. The van der Waals surface area contributed by atoms with E-state index in [1.165, 1.54) is 6.42 Å². The minimum atomic E-state index is -0.680. The van der Waals surface area contributed by atoms with E-state index >= 15 is 0 Å². The number of carbonyl (C=O) groups is 1. The fourth-order valence-corrected chi connectivity index (χ4v) is 2.92. The molecule has 1 aliphatic carbocycles. The highest BCUT2D eigenvalue weighted by Gasteiger charge is 2.38. The number of nitrogens with two attached hydrogens (primary N) is 1. The van der Waals surface area contributed by atoms with Gasteiger partial charge in [-0.1, -0.05) is 19.8 Å². The van der Waals surface area contributed by atoms with Crippen LogP contribution in [0.15, 0.2) is 18.7 Å². The van der Waals surface area contributed by atoms with Gasteiger partial charge in [0.2, 0.25) is 5.91 Å². The molecule has 3 atom stereocenters. The molecule has 0 aliphatic heterocycles. The molecule has 0 radical (unpaired) electrons. The lowest BCUT2D eigenvalue weighted by molar-refractivity contribution is -0.128. The molecular weight excluding hydrogens is 240 g/mol. The highest BCUT2D eigenvalue weighted by Crippen LogP contribution is 2.30. The van der Waals surface area contributed by atoms with Crippen molar-refractivity contribution in [3.05, 3.63) is 18.7 Å². The van der Waals surface area contributed by atoms with Crippen LogP contribution in [0, 0.1) is 5.92 Å². The topological polar surface area (TPSA) is 72.9 Å². The quantitative estimate of drug-likeness (QED) is 0.861. The summed E-state index contributed by atoms with van der Waals surface area (Å²) in [6.45, 7) is 4.88. The van der Waals surface area contributed by atoms with Gasteiger partial charge < -0.3 is 15.6 Å². The van der Waals surface area contributed by atoms with E-state index in [9.17, 15) is 4.79 Å². The Kier molecular flexibility index (Phi) is 4.24. The van der Waals surface area contributed by atoms with Crippen molar-refractivity contribution in [2.24, 2.45) is 11.7 Å². The summed E-state index contributed by atoms with van der Waals surface area (Å²) in [5.41, 5.74) is 5.60. The van der Waals surface area contributed by atoms with E-state index in [1.54, 1.807) is 12.5 Å². The van der Waals surface area contributed by atoms with Crippen LogP contribution in [0.2, 0.25) is 0 Å². The number of nitrogens with zero attached hydrogens (tertiary/aromatic N) is 2. The Labute approximate surface area is 114 Å². The van der Waals surface area contributed by atoms with Crippen molar-refractivity contribution in [2.45, 2.75) is 57.7 Å². The second-order valence-electron chi connectivity index (χ2n) is 5.99. The van der Waals surface area contributed by atoms with Gasteiger partial charge in [0, 0.05) is 25.0 Å². The standard InChI is InChI=1S/C14H24N4O/c1-11-4-3-5-14(15,8-11)13(19)17-12(2)9-18-7-6-16-10-18/h6-7,10-12H,3-5,8-9,15H2,1-2H3,(H,17,19). The van der Waals surface area contributed by atoms with Crippen molar-refractivity contribution < 1.29 is 4.79 Å². The molecule has 0 bridgehead atoms. The molecule has 1 aliphatic rings. The van der Waals surface area contributed by atoms with Gasteiger partial charge in [-0.25, -0.2) is 4.98 Å². The predicted octanol–water partition coefficient (Wildman–Crippen LogP) is 1.30. The summed E-state index contributed by atoms with van der Waals surface area (Å²) >= 11 is 0. The maximum atomic E-state index is 12.3. The molecule has 5 heteroatoms. The molecule has 0 spiro atoms. The normalized spacial score (nSPS) is 28.9. The first kappa shape index (κ1) is 14.1. The number of hydrogen-bond acceptors (Lipinski definition) is 3. The Balaban J connectivity index is 1.89. The molecule has 0 saturated heterocycles. The van der Waals surface area contributed by atoms with Gasteiger partial charge in [-0.3, -0.25) is 4.79 Å². The summed E-state index contributed by atoms with van der Waals surface area (Å²) in [5, 5.41) is 3.04. The predicted molar refractivity (Wildman–Crippen MR) is 74.4 cm³/mol. The Morgan fingerprint density at radius 3 is 3.11 bits per heavy atom. The summed E-state index contributed by atoms with van der Waals surface area (Å²) in [6.07, 6.45) is 9.18. The third-order valence-corrected chi connectivity index (χ3v) is 3.91. The third kappa shape index (κ3) is 3.56.